The van der Waals surface area contributed by atoms with Crippen LogP contribution in [0.1, 0.15) is 380 Å². The molecule has 0 saturated heterocycles. The van der Waals surface area contributed by atoms with E-state index < -0.39 is 6.10 Å². The normalized spacial score (nSPS) is 12.1. The van der Waals surface area contributed by atoms with E-state index in [4.69, 9.17) is 14.2 Å². The van der Waals surface area contributed by atoms with Crippen molar-refractivity contribution in [3.8, 4) is 0 Å². The van der Waals surface area contributed by atoms with Crippen LogP contribution < -0.4 is 0 Å². The van der Waals surface area contributed by atoms with Crippen LogP contribution in [0, 0.1) is 0 Å². The van der Waals surface area contributed by atoms with Crippen molar-refractivity contribution < 1.29 is 28.6 Å². The SMILES string of the molecule is CCCCCCC/C=C\C/C=C\CCCCCCCCCCCC(=O)OC(COC(=O)CCCCCCCCCCCC)COC(=O)CCCCCCCCCCCCCCCCCCCCCCCCCCCC. The van der Waals surface area contributed by atoms with Crippen molar-refractivity contribution in [3.05, 3.63) is 24.3 Å². The lowest BCUT2D eigenvalue weighted by molar-refractivity contribution is -0.167. The Kier molecular flexibility index (Phi) is 62.6. The lowest BCUT2D eigenvalue weighted by Crippen LogP contribution is -2.30. The molecule has 0 aliphatic heterocycles. The van der Waals surface area contributed by atoms with Crippen LogP contribution >= 0.6 is 0 Å². The van der Waals surface area contributed by atoms with Crippen LogP contribution in [0.25, 0.3) is 0 Å². The van der Waals surface area contributed by atoms with Crippen molar-refractivity contribution >= 4 is 17.9 Å². The summed E-state index contributed by atoms with van der Waals surface area (Å²) in [5.74, 6) is -0.845. The van der Waals surface area contributed by atoms with Crippen LogP contribution in [0.3, 0.4) is 0 Å². The van der Waals surface area contributed by atoms with Crippen molar-refractivity contribution in [3.63, 3.8) is 0 Å². The molecule has 1 atom stereocenters. The Morgan fingerprint density at radius 1 is 0.267 bits per heavy atom. The Morgan fingerprint density at radius 3 is 0.733 bits per heavy atom. The van der Waals surface area contributed by atoms with Crippen LogP contribution in [0.15, 0.2) is 24.3 Å². The zero-order valence-corrected chi connectivity index (χ0v) is 50.8. The number of carbonyl (C=O) groups excluding carboxylic acids is 3. The van der Waals surface area contributed by atoms with Gasteiger partial charge in [-0.15, -0.1) is 0 Å². The topological polar surface area (TPSA) is 78.9 Å². The summed E-state index contributed by atoms with van der Waals surface area (Å²) < 4.78 is 16.9. The van der Waals surface area contributed by atoms with Gasteiger partial charge in [-0.05, 0) is 51.4 Å². The first-order valence-electron chi connectivity index (χ1n) is 33.8. The minimum absolute atomic E-state index is 0.0669. The first-order chi connectivity index (χ1) is 37.0. The maximum Gasteiger partial charge on any atom is 0.306 e. The van der Waals surface area contributed by atoms with Crippen molar-refractivity contribution in [1.82, 2.24) is 0 Å². The molecule has 75 heavy (non-hydrogen) atoms. The van der Waals surface area contributed by atoms with E-state index in [1.807, 2.05) is 0 Å². The van der Waals surface area contributed by atoms with Gasteiger partial charge in [0.2, 0.25) is 0 Å². The smallest absolute Gasteiger partial charge is 0.306 e. The summed E-state index contributed by atoms with van der Waals surface area (Å²) in [5.41, 5.74) is 0. The second-order valence-electron chi connectivity index (χ2n) is 23.1. The molecule has 1 unspecified atom stereocenters. The molecule has 0 aromatic heterocycles. The molecule has 0 aromatic rings. The molecule has 0 heterocycles. The van der Waals surface area contributed by atoms with E-state index in [2.05, 4.69) is 45.1 Å². The fourth-order valence-electron chi connectivity index (χ4n) is 10.4. The van der Waals surface area contributed by atoms with E-state index in [1.54, 1.807) is 0 Å². The molecule has 6 heteroatoms. The van der Waals surface area contributed by atoms with Crippen LogP contribution in [-0.4, -0.2) is 37.2 Å². The van der Waals surface area contributed by atoms with Crippen LogP contribution in [0.5, 0.6) is 0 Å². The third-order valence-corrected chi connectivity index (χ3v) is 15.5. The molecule has 6 nitrogen and oxygen atoms in total. The van der Waals surface area contributed by atoms with Gasteiger partial charge >= 0.3 is 17.9 Å². The third kappa shape index (κ3) is 62.6. The average Bonchev–Trinajstić information content (AvgIpc) is 3.41. The quantitative estimate of drug-likeness (QED) is 0.0261. The zero-order chi connectivity index (χ0) is 54.3. The lowest BCUT2D eigenvalue weighted by Gasteiger charge is -2.18. The monoisotopic (exact) mass is 1050 g/mol. The zero-order valence-electron chi connectivity index (χ0n) is 50.8. The lowest BCUT2D eigenvalue weighted by atomic mass is 10.0. The summed E-state index contributed by atoms with van der Waals surface area (Å²) in [6.45, 7) is 6.69. The number of ether oxygens (including phenoxy) is 3. The Balaban J connectivity index is 4.15. The molecule has 0 spiro atoms. The molecular formula is C69H130O6. The summed E-state index contributed by atoms with van der Waals surface area (Å²) >= 11 is 0. The highest BCUT2D eigenvalue weighted by atomic mass is 16.6. The van der Waals surface area contributed by atoms with Gasteiger partial charge in [-0.2, -0.15) is 0 Å². The van der Waals surface area contributed by atoms with E-state index in [0.717, 1.165) is 64.2 Å². The largest absolute Gasteiger partial charge is 0.462 e. The first-order valence-corrected chi connectivity index (χ1v) is 33.8. The minimum Gasteiger partial charge on any atom is -0.462 e. The van der Waals surface area contributed by atoms with Crippen molar-refractivity contribution in [2.24, 2.45) is 0 Å². The molecule has 0 rings (SSSR count). The molecule has 0 radical (unpaired) electrons. The highest BCUT2D eigenvalue weighted by Gasteiger charge is 2.19. The summed E-state index contributed by atoms with van der Waals surface area (Å²) in [6.07, 6.45) is 77.8. The second kappa shape index (κ2) is 64.4. The van der Waals surface area contributed by atoms with E-state index in [1.165, 1.54) is 276 Å². The Hall–Kier alpha value is -2.11. The number of rotatable bonds is 63. The minimum atomic E-state index is -0.769. The van der Waals surface area contributed by atoms with Gasteiger partial charge in [0, 0.05) is 19.3 Å². The highest BCUT2D eigenvalue weighted by Crippen LogP contribution is 2.18. The molecular weight excluding hydrogens is 925 g/mol. The fraction of sp³-hybridized carbons (Fsp3) is 0.899. The average molecular weight is 1060 g/mol. The van der Waals surface area contributed by atoms with Crippen molar-refractivity contribution in [2.45, 2.75) is 386 Å². The number of carbonyl (C=O) groups is 3. The predicted molar refractivity (Wildman–Crippen MR) is 326 cm³/mol. The van der Waals surface area contributed by atoms with E-state index in [9.17, 15) is 14.4 Å². The maximum absolute atomic E-state index is 12.9. The Morgan fingerprint density at radius 2 is 0.480 bits per heavy atom. The maximum atomic E-state index is 12.9. The van der Waals surface area contributed by atoms with Gasteiger partial charge in [0.25, 0.3) is 0 Å². The van der Waals surface area contributed by atoms with E-state index in [-0.39, 0.29) is 31.1 Å². The van der Waals surface area contributed by atoms with Gasteiger partial charge in [-0.1, -0.05) is 334 Å². The number of hydrogen-bond donors (Lipinski definition) is 0. The molecule has 0 saturated carbocycles. The molecule has 442 valence electrons. The predicted octanol–water partition coefficient (Wildman–Crippen LogP) is 23.0. The number of allylic oxidation sites excluding steroid dienone is 4. The molecule has 0 fully saturated rings. The van der Waals surface area contributed by atoms with E-state index in [0.29, 0.717) is 19.3 Å². The molecule has 0 aliphatic carbocycles. The summed E-state index contributed by atoms with van der Waals surface area (Å²) in [5, 5.41) is 0. The number of esters is 3. The van der Waals surface area contributed by atoms with Gasteiger partial charge < -0.3 is 14.2 Å². The molecule has 0 amide bonds. The second-order valence-corrected chi connectivity index (χ2v) is 23.1. The van der Waals surface area contributed by atoms with Gasteiger partial charge in [-0.25, -0.2) is 0 Å². The molecule has 0 bridgehead atoms. The van der Waals surface area contributed by atoms with Crippen LogP contribution in [-0.2, 0) is 28.6 Å². The van der Waals surface area contributed by atoms with Crippen LogP contribution in [0.4, 0.5) is 0 Å². The summed E-state index contributed by atoms with van der Waals surface area (Å²) in [4.78, 5) is 38.3. The summed E-state index contributed by atoms with van der Waals surface area (Å²) in [6, 6.07) is 0. The Labute approximate surface area is 468 Å². The van der Waals surface area contributed by atoms with Crippen molar-refractivity contribution in [1.29, 1.82) is 0 Å². The number of unbranched alkanes of at least 4 members (excludes halogenated alkanes) is 48. The van der Waals surface area contributed by atoms with Gasteiger partial charge in [-0.3, -0.25) is 14.4 Å². The molecule has 0 aromatic carbocycles. The van der Waals surface area contributed by atoms with Gasteiger partial charge in [0.15, 0.2) is 6.10 Å². The van der Waals surface area contributed by atoms with Crippen molar-refractivity contribution in [2.75, 3.05) is 13.2 Å². The van der Waals surface area contributed by atoms with E-state index >= 15 is 0 Å². The Bertz CT molecular complexity index is 1210. The standard InChI is InChI=1S/C69H130O6/c1-4-7-10-13-16-19-22-24-26-28-30-32-33-34-35-36-38-39-41-43-45-47-50-53-56-59-62-68(71)74-65-66(64-73-67(70)61-58-55-52-49-21-18-15-12-9-6-3)75-69(72)63-60-57-54-51-48-46-44-42-40-37-31-29-27-25-23-20-17-14-11-8-5-2/h23,25,29,31,66H,4-22,24,26-28,30,32-65H2,1-3H3/b25-23-,31-29-. The number of hydrogen-bond acceptors (Lipinski definition) is 6. The van der Waals surface area contributed by atoms with Crippen LogP contribution in [0.2, 0.25) is 0 Å². The van der Waals surface area contributed by atoms with Gasteiger partial charge in [0.05, 0.1) is 0 Å². The fourth-order valence-corrected chi connectivity index (χ4v) is 10.4. The molecule has 0 N–H and O–H groups in total. The van der Waals surface area contributed by atoms with Gasteiger partial charge in [0.1, 0.15) is 13.2 Å². The third-order valence-electron chi connectivity index (χ3n) is 15.5. The summed E-state index contributed by atoms with van der Waals surface area (Å²) in [7, 11) is 0. The first kappa shape index (κ1) is 72.9. The highest BCUT2D eigenvalue weighted by molar-refractivity contribution is 5.71. The molecule has 0 aliphatic rings.